The van der Waals surface area contributed by atoms with Gasteiger partial charge in [-0.15, -0.1) is 0 Å². The summed E-state index contributed by atoms with van der Waals surface area (Å²) in [6.45, 7) is 8.56. The summed E-state index contributed by atoms with van der Waals surface area (Å²) in [5, 5.41) is 4.15. The Bertz CT molecular complexity index is 502. The van der Waals surface area contributed by atoms with E-state index in [1.165, 1.54) is 32.1 Å². The number of rotatable bonds is 5. The molecule has 0 bridgehead atoms. The van der Waals surface area contributed by atoms with Gasteiger partial charge in [-0.1, -0.05) is 5.16 Å². The van der Waals surface area contributed by atoms with Gasteiger partial charge in [-0.2, -0.15) is 4.98 Å². The van der Waals surface area contributed by atoms with Crippen LogP contribution in [-0.2, 0) is 4.74 Å². The van der Waals surface area contributed by atoms with Crippen LogP contribution in [0.5, 0.6) is 0 Å². The van der Waals surface area contributed by atoms with Crippen molar-refractivity contribution >= 4 is 0 Å². The summed E-state index contributed by atoms with van der Waals surface area (Å²) < 4.78 is 11.4. The topological polar surface area (TPSA) is 54.6 Å². The van der Waals surface area contributed by atoms with E-state index in [0.29, 0.717) is 12.0 Å². The predicted molar refractivity (Wildman–Crippen MR) is 86.3 cm³/mol. The molecule has 0 aromatic carbocycles. The summed E-state index contributed by atoms with van der Waals surface area (Å²) in [5.41, 5.74) is 0. The van der Waals surface area contributed by atoms with E-state index in [0.717, 1.165) is 51.0 Å². The zero-order chi connectivity index (χ0) is 15.6. The Balaban J connectivity index is 1.26. The van der Waals surface area contributed by atoms with Crippen molar-refractivity contribution in [3.63, 3.8) is 0 Å². The number of ether oxygens (including phenoxy) is 1. The summed E-state index contributed by atoms with van der Waals surface area (Å²) in [5.74, 6) is 2.27. The number of piperazine rings is 1. The molecule has 1 saturated carbocycles. The van der Waals surface area contributed by atoms with Crippen LogP contribution in [0.15, 0.2) is 4.52 Å². The average molecular weight is 320 g/mol. The highest BCUT2D eigenvalue weighted by molar-refractivity contribution is 5.04. The second kappa shape index (κ2) is 6.87. The van der Waals surface area contributed by atoms with E-state index in [1.54, 1.807) is 0 Å². The lowest BCUT2D eigenvalue weighted by Crippen LogP contribution is -2.49. The third-order valence-electron chi connectivity index (χ3n) is 5.45. The Hall–Kier alpha value is -0.980. The Morgan fingerprint density at radius 3 is 2.65 bits per heavy atom. The summed E-state index contributed by atoms with van der Waals surface area (Å²) in [4.78, 5) is 9.61. The van der Waals surface area contributed by atoms with Gasteiger partial charge in [0.2, 0.25) is 5.89 Å². The average Bonchev–Trinajstić information content (AvgIpc) is 3.33. The van der Waals surface area contributed by atoms with Gasteiger partial charge in [-0.05, 0) is 39.0 Å². The Kier molecular flexibility index (Phi) is 4.64. The second-order valence-electron chi connectivity index (χ2n) is 7.27. The van der Waals surface area contributed by atoms with E-state index in [1.807, 2.05) is 0 Å². The van der Waals surface area contributed by atoms with Gasteiger partial charge in [0, 0.05) is 45.2 Å². The first-order valence-electron chi connectivity index (χ1n) is 9.21. The normalized spacial score (nSPS) is 28.8. The highest BCUT2D eigenvalue weighted by Crippen LogP contribution is 2.38. The first-order chi connectivity index (χ1) is 11.3. The van der Waals surface area contributed by atoms with Gasteiger partial charge in [0.1, 0.15) is 0 Å². The van der Waals surface area contributed by atoms with E-state index >= 15 is 0 Å². The minimum absolute atomic E-state index is 0.225. The number of aromatic nitrogens is 2. The summed E-state index contributed by atoms with van der Waals surface area (Å²) in [6.07, 6.45) is 6.66. The van der Waals surface area contributed by atoms with E-state index in [2.05, 4.69) is 26.9 Å². The molecule has 3 aliphatic rings. The van der Waals surface area contributed by atoms with Crippen molar-refractivity contribution in [1.29, 1.82) is 0 Å². The fourth-order valence-corrected chi connectivity index (χ4v) is 3.65. The second-order valence-corrected chi connectivity index (χ2v) is 7.27. The van der Waals surface area contributed by atoms with E-state index < -0.39 is 0 Å². The third kappa shape index (κ3) is 3.75. The van der Waals surface area contributed by atoms with Gasteiger partial charge in [-0.25, -0.2) is 0 Å². The first kappa shape index (κ1) is 15.5. The lowest BCUT2D eigenvalue weighted by Gasteiger charge is -2.38. The largest absolute Gasteiger partial charge is 0.377 e. The quantitative estimate of drug-likeness (QED) is 0.829. The molecule has 1 aromatic rings. The first-order valence-corrected chi connectivity index (χ1v) is 9.21. The van der Waals surface area contributed by atoms with Gasteiger partial charge < -0.3 is 9.26 Å². The van der Waals surface area contributed by atoms with Crippen molar-refractivity contribution < 1.29 is 9.26 Å². The predicted octanol–water partition coefficient (Wildman–Crippen LogP) is 2.19. The van der Waals surface area contributed by atoms with Crippen LogP contribution < -0.4 is 0 Å². The smallest absolute Gasteiger partial charge is 0.243 e. The summed E-state index contributed by atoms with van der Waals surface area (Å²) in [6, 6.07) is 0.225. The van der Waals surface area contributed by atoms with Crippen LogP contribution in [0, 0.1) is 0 Å². The van der Waals surface area contributed by atoms with Crippen LogP contribution in [0.4, 0.5) is 0 Å². The van der Waals surface area contributed by atoms with Gasteiger partial charge in [0.15, 0.2) is 5.82 Å². The van der Waals surface area contributed by atoms with Crippen molar-refractivity contribution in [1.82, 2.24) is 19.9 Å². The van der Waals surface area contributed by atoms with Gasteiger partial charge >= 0.3 is 0 Å². The van der Waals surface area contributed by atoms with Crippen molar-refractivity contribution in [2.75, 3.05) is 39.3 Å². The van der Waals surface area contributed by atoms with E-state index in [-0.39, 0.29) is 6.04 Å². The maximum Gasteiger partial charge on any atom is 0.243 e. The van der Waals surface area contributed by atoms with Crippen LogP contribution >= 0.6 is 0 Å². The molecular weight excluding hydrogens is 292 g/mol. The van der Waals surface area contributed by atoms with Crippen LogP contribution in [0.2, 0.25) is 0 Å². The molecule has 2 saturated heterocycles. The molecule has 0 spiro atoms. The molecule has 1 aromatic heterocycles. The lowest BCUT2D eigenvalue weighted by molar-refractivity contribution is -0.0175. The fourth-order valence-electron chi connectivity index (χ4n) is 3.65. The minimum Gasteiger partial charge on any atom is -0.377 e. The molecule has 2 atom stereocenters. The zero-order valence-corrected chi connectivity index (χ0v) is 14.1. The molecule has 0 radical (unpaired) electrons. The Morgan fingerprint density at radius 1 is 1.13 bits per heavy atom. The van der Waals surface area contributed by atoms with E-state index in [9.17, 15) is 0 Å². The fraction of sp³-hybridized carbons (Fsp3) is 0.882. The number of hydrogen-bond acceptors (Lipinski definition) is 6. The summed E-state index contributed by atoms with van der Waals surface area (Å²) in [7, 11) is 0. The van der Waals surface area contributed by atoms with Crippen LogP contribution in [-0.4, -0.2) is 65.4 Å². The molecule has 23 heavy (non-hydrogen) atoms. The molecule has 6 heteroatoms. The molecular formula is C17H28N4O2. The maximum atomic E-state index is 5.87. The number of hydrogen-bond donors (Lipinski definition) is 0. The lowest BCUT2D eigenvalue weighted by atomic mass is 10.1. The van der Waals surface area contributed by atoms with Crippen molar-refractivity contribution in [2.24, 2.45) is 0 Å². The van der Waals surface area contributed by atoms with Crippen molar-refractivity contribution in [3.05, 3.63) is 11.7 Å². The molecule has 128 valence electrons. The highest BCUT2D eigenvalue weighted by atomic mass is 16.5. The molecule has 1 aliphatic carbocycles. The molecule has 3 fully saturated rings. The monoisotopic (exact) mass is 320 g/mol. The molecule has 6 nitrogen and oxygen atoms in total. The van der Waals surface area contributed by atoms with Gasteiger partial charge in [0.25, 0.3) is 0 Å². The van der Waals surface area contributed by atoms with Crippen LogP contribution in [0.1, 0.15) is 62.7 Å². The molecule has 4 rings (SSSR count). The third-order valence-corrected chi connectivity index (χ3v) is 5.45. The van der Waals surface area contributed by atoms with Crippen LogP contribution in [0.25, 0.3) is 0 Å². The number of nitrogens with zero attached hydrogens (tertiary/aromatic N) is 4. The molecule has 2 aliphatic heterocycles. The van der Waals surface area contributed by atoms with Crippen molar-refractivity contribution in [2.45, 2.75) is 57.1 Å². The summed E-state index contributed by atoms with van der Waals surface area (Å²) >= 11 is 0. The maximum absolute atomic E-state index is 5.87. The Morgan fingerprint density at radius 2 is 1.96 bits per heavy atom. The van der Waals surface area contributed by atoms with E-state index in [4.69, 9.17) is 9.26 Å². The zero-order valence-electron chi connectivity index (χ0n) is 14.1. The molecule has 0 unspecified atom stereocenters. The molecule has 0 amide bonds. The molecule has 0 N–H and O–H groups in total. The SMILES string of the molecule is C[C@H](c1nc(C2CC2)no1)N1CCN(C[C@H]2CCCCO2)CC1. The van der Waals surface area contributed by atoms with Gasteiger partial charge in [-0.3, -0.25) is 9.80 Å². The van der Waals surface area contributed by atoms with Crippen molar-refractivity contribution in [3.8, 4) is 0 Å². The highest BCUT2D eigenvalue weighted by Gasteiger charge is 2.31. The Labute approximate surface area is 138 Å². The van der Waals surface area contributed by atoms with Gasteiger partial charge in [0.05, 0.1) is 12.1 Å². The minimum atomic E-state index is 0.225. The molecule has 3 heterocycles. The standard InChI is InChI=1S/C17H28N4O2/c1-13(17-18-16(19-23-17)14-5-6-14)21-9-7-20(8-10-21)12-15-4-2-3-11-22-15/h13-15H,2-12H2,1H3/t13-,15-/m1/s1. The van der Waals surface area contributed by atoms with Crippen LogP contribution in [0.3, 0.4) is 0 Å².